The molecular formula is C16H29NO2. The third kappa shape index (κ3) is 3.71. The maximum absolute atomic E-state index is 6.16. The first kappa shape index (κ1) is 13.8. The third-order valence-electron chi connectivity index (χ3n) is 5.17. The molecule has 19 heavy (non-hydrogen) atoms. The molecule has 0 radical (unpaired) electrons. The van der Waals surface area contributed by atoms with Gasteiger partial charge in [0.25, 0.3) is 0 Å². The number of nitrogens with one attached hydrogen (secondary N) is 1. The highest BCUT2D eigenvalue weighted by Crippen LogP contribution is 2.38. The smallest absolute Gasteiger partial charge is 0.0699 e. The lowest BCUT2D eigenvalue weighted by atomic mass is 9.78. The quantitative estimate of drug-likeness (QED) is 0.852. The largest absolute Gasteiger partial charge is 0.377 e. The SMILES string of the molecule is C1CCC2(CC1)CC(NCC1CCCCO1)CCO2. The lowest BCUT2D eigenvalue weighted by Crippen LogP contribution is -2.49. The van der Waals surface area contributed by atoms with E-state index in [2.05, 4.69) is 5.32 Å². The minimum atomic E-state index is 0.224. The van der Waals surface area contributed by atoms with Gasteiger partial charge in [-0.2, -0.15) is 0 Å². The van der Waals surface area contributed by atoms with Gasteiger partial charge in [0.05, 0.1) is 11.7 Å². The Morgan fingerprint density at radius 1 is 0.947 bits per heavy atom. The highest BCUT2D eigenvalue weighted by molar-refractivity contribution is 4.92. The maximum atomic E-state index is 6.16. The highest BCUT2D eigenvalue weighted by atomic mass is 16.5. The summed E-state index contributed by atoms with van der Waals surface area (Å²) in [6, 6.07) is 0.650. The molecule has 2 heterocycles. The van der Waals surface area contributed by atoms with Crippen molar-refractivity contribution >= 4 is 0 Å². The standard InChI is InChI=1S/C16H29NO2/c1-3-8-16(9-4-1)12-14(7-11-19-16)17-13-15-6-2-5-10-18-15/h14-15,17H,1-13H2. The second kappa shape index (κ2) is 6.55. The van der Waals surface area contributed by atoms with Crippen LogP contribution in [-0.2, 0) is 9.47 Å². The first-order valence-corrected chi connectivity index (χ1v) is 8.35. The van der Waals surface area contributed by atoms with Gasteiger partial charge in [-0.05, 0) is 44.9 Å². The van der Waals surface area contributed by atoms with Crippen molar-refractivity contribution in [2.45, 2.75) is 82.0 Å². The molecule has 1 N–H and O–H groups in total. The van der Waals surface area contributed by atoms with E-state index < -0.39 is 0 Å². The minimum Gasteiger partial charge on any atom is -0.377 e. The number of hydrogen-bond acceptors (Lipinski definition) is 3. The van der Waals surface area contributed by atoms with Crippen molar-refractivity contribution in [1.29, 1.82) is 0 Å². The van der Waals surface area contributed by atoms with E-state index in [0.717, 1.165) is 19.8 Å². The predicted molar refractivity (Wildman–Crippen MR) is 76.4 cm³/mol. The number of ether oxygens (including phenoxy) is 2. The van der Waals surface area contributed by atoms with E-state index in [1.54, 1.807) is 0 Å². The fourth-order valence-electron chi connectivity index (χ4n) is 4.01. The van der Waals surface area contributed by atoms with Crippen molar-refractivity contribution in [3.8, 4) is 0 Å². The van der Waals surface area contributed by atoms with Gasteiger partial charge < -0.3 is 14.8 Å². The summed E-state index contributed by atoms with van der Waals surface area (Å²) in [4.78, 5) is 0. The summed E-state index contributed by atoms with van der Waals surface area (Å²) in [5.41, 5.74) is 0.224. The summed E-state index contributed by atoms with van der Waals surface area (Å²) in [5.74, 6) is 0. The normalized spacial score (nSPS) is 35.4. The molecule has 2 unspecified atom stereocenters. The molecule has 2 aliphatic heterocycles. The summed E-state index contributed by atoms with van der Waals surface area (Å²) < 4.78 is 12.0. The fourth-order valence-corrected chi connectivity index (χ4v) is 4.01. The van der Waals surface area contributed by atoms with Gasteiger partial charge >= 0.3 is 0 Å². The Morgan fingerprint density at radius 3 is 2.63 bits per heavy atom. The molecule has 0 amide bonds. The van der Waals surface area contributed by atoms with E-state index in [0.29, 0.717) is 12.1 Å². The lowest BCUT2D eigenvalue weighted by Gasteiger charge is -2.44. The van der Waals surface area contributed by atoms with Crippen LogP contribution in [0.25, 0.3) is 0 Å². The van der Waals surface area contributed by atoms with Gasteiger partial charge in [0.1, 0.15) is 0 Å². The van der Waals surface area contributed by atoms with Crippen LogP contribution in [0.2, 0.25) is 0 Å². The van der Waals surface area contributed by atoms with Crippen LogP contribution in [0.3, 0.4) is 0 Å². The molecule has 1 aliphatic carbocycles. The van der Waals surface area contributed by atoms with Crippen LogP contribution in [0.15, 0.2) is 0 Å². The maximum Gasteiger partial charge on any atom is 0.0699 e. The van der Waals surface area contributed by atoms with Gasteiger partial charge in [0, 0.05) is 25.8 Å². The Balaban J connectivity index is 1.45. The molecule has 0 bridgehead atoms. The molecule has 3 fully saturated rings. The van der Waals surface area contributed by atoms with Crippen molar-refractivity contribution < 1.29 is 9.47 Å². The molecule has 0 aromatic carbocycles. The first-order valence-electron chi connectivity index (χ1n) is 8.35. The third-order valence-corrected chi connectivity index (χ3v) is 5.17. The molecule has 3 aliphatic rings. The zero-order valence-corrected chi connectivity index (χ0v) is 12.2. The van der Waals surface area contributed by atoms with Crippen molar-refractivity contribution in [2.24, 2.45) is 0 Å². The highest BCUT2D eigenvalue weighted by Gasteiger charge is 2.38. The second-order valence-electron chi connectivity index (χ2n) is 6.68. The van der Waals surface area contributed by atoms with Crippen LogP contribution >= 0.6 is 0 Å². The molecule has 2 saturated heterocycles. The van der Waals surface area contributed by atoms with Gasteiger partial charge in [-0.1, -0.05) is 19.3 Å². The summed E-state index contributed by atoms with van der Waals surface area (Å²) in [5, 5.41) is 3.76. The van der Waals surface area contributed by atoms with E-state index in [-0.39, 0.29) is 5.60 Å². The van der Waals surface area contributed by atoms with Crippen molar-refractivity contribution in [2.75, 3.05) is 19.8 Å². The van der Waals surface area contributed by atoms with Crippen LogP contribution in [-0.4, -0.2) is 37.5 Å². The molecule has 0 aromatic heterocycles. The van der Waals surface area contributed by atoms with E-state index in [1.807, 2.05) is 0 Å². The molecule has 3 rings (SSSR count). The molecule has 3 heteroatoms. The Kier molecular flexibility index (Phi) is 4.78. The van der Waals surface area contributed by atoms with E-state index in [4.69, 9.17) is 9.47 Å². The van der Waals surface area contributed by atoms with Gasteiger partial charge in [-0.25, -0.2) is 0 Å². The lowest BCUT2D eigenvalue weighted by molar-refractivity contribution is -0.110. The molecule has 110 valence electrons. The van der Waals surface area contributed by atoms with Crippen LogP contribution in [0, 0.1) is 0 Å². The van der Waals surface area contributed by atoms with Crippen LogP contribution < -0.4 is 5.32 Å². The van der Waals surface area contributed by atoms with Crippen LogP contribution in [0.1, 0.15) is 64.2 Å². The summed E-state index contributed by atoms with van der Waals surface area (Å²) in [7, 11) is 0. The van der Waals surface area contributed by atoms with E-state index >= 15 is 0 Å². The molecule has 0 aromatic rings. The number of rotatable bonds is 3. The zero-order valence-electron chi connectivity index (χ0n) is 12.2. The fraction of sp³-hybridized carbons (Fsp3) is 1.00. The van der Waals surface area contributed by atoms with Gasteiger partial charge in [-0.15, -0.1) is 0 Å². The van der Waals surface area contributed by atoms with Gasteiger partial charge in [-0.3, -0.25) is 0 Å². The van der Waals surface area contributed by atoms with Crippen LogP contribution in [0.5, 0.6) is 0 Å². The van der Waals surface area contributed by atoms with Gasteiger partial charge in [0.2, 0.25) is 0 Å². The van der Waals surface area contributed by atoms with Gasteiger partial charge in [0.15, 0.2) is 0 Å². The molecular weight excluding hydrogens is 238 g/mol. The molecule has 3 nitrogen and oxygen atoms in total. The zero-order chi connectivity index (χ0) is 13.0. The van der Waals surface area contributed by atoms with Crippen molar-refractivity contribution in [1.82, 2.24) is 5.32 Å². The van der Waals surface area contributed by atoms with Crippen LogP contribution in [0.4, 0.5) is 0 Å². The van der Waals surface area contributed by atoms with E-state index in [1.165, 1.54) is 64.2 Å². The first-order chi connectivity index (χ1) is 9.36. The Hall–Kier alpha value is -0.120. The van der Waals surface area contributed by atoms with Crippen molar-refractivity contribution in [3.63, 3.8) is 0 Å². The predicted octanol–water partition coefficient (Wildman–Crippen LogP) is 3.03. The molecule has 1 saturated carbocycles. The van der Waals surface area contributed by atoms with E-state index in [9.17, 15) is 0 Å². The Morgan fingerprint density at radius 2 is 1.84 bits per heavy atom. The average Bonchev–Trinajstić information content (AvgIpc) is 2.47. The Labute approximate surface area is 117 Å². The Bertz CT molecular complexity index is 264. The topological polar surface area (TPSA) is 30.5 Å². The average molecular weight is 267 g/mol. The minimum absolute atomic E-state index is 0.224. The summed E-state index contributed by atoms with van der Waals surface area (Å²) >= 11 is 0. The second-order valence-corrected chi connectivity index (χ2v) is 6.68. The molecule has 1 spiro atoms. The monoisotopic (exact) mass is 267 g/mol. The molecule has 2 atom stereocenters. The summed E-state index contributed by atoms with van der Waals surface area (Å²) in [6.45, 7) is 2.95. The summed E-state index contributed by atoms with van der Waals surface area (Å²) in [6.07, 6.45) is 13.4. The number of hydrogen-bond donors (Lipinski definition) is 1. The van der Waals surface area contributed by atoms with Crippen molar-refractivity contribution in [3.05, 3.63) is 0 Å².